The molecular weight excluding hydrogens is 302 g/mol. The van der Waals surface area contributed by atoms with Crippen LogP contribution in [-0.2, 0) is 16.1 Å². The predicted molar refractivity (Wildman–Crippen MR) is 92.9 cm³/mol. The van der Waals surface area contributed by atoms with Gasteiger partial charge in [0.15, 0.2) is 6.61 Å². The molecule has 1 aliphatic heterocycles. The maximum absolute atomic E-state index is 12.3. The van der Waals surface area contributed by atoms with Crippen LogP contribution in [0.15, 0.2) is 54.6 Å². The van der Waals surface area contributed by atoms with E-state index in [9.17, 15) is 4.79 Å². The summed E-state index contributed by atoms with van der Waals surface area (Å²) in [4.78, 5) is 14.1. The Balaban J connectivity index is 1.41. The van der Waals surface area contributed by atoms with E-state index >= 15 is 0 Å². The lowest BCUT2D eigenvalue weighted by molar-refractivity contribution is -0.132. The Morgan fingerprint density at radius 3 is 2.62 bits per heavy atom. The van der Waals surface area contributed by atoms with Gasteiger partial charge in [0.25, 0.3) is 5.91 Å². The van der Waals surface area contributed by atoms with Crippen LogP contribution in [0.2, 0.25) is 0 Å². The first kappa shape index (κ1) is 16.5. The summed E-state index contributed by atoms with van der Waals surface area (Å²) in [5.41, 5.74) is 2.33. The minimum absolute atomic E-state index is 0.0152. The fourth-order valence-electron chi connectivity index (χ4n) is 2.75. The van der Waals surface area contributed by atoms with E-state index in [-0.39, 0.29) is 18.6 Å². The highest BCUT2D eigenvalue weighted by atomic mass is 16.5. The lowest BCUT2D eigenvalue weighted by atomic mass is 10.2. The Bertz CT molecular complexity index is 654. The van der Waals surface area contributed by atoms with Crippen LogP contribution < -0.4 is 4.74 Å². The van der Waals surface area contributed by atoms with E-state index in [2.05, 4.69) is 0 Å². The van der Waals surface area contributed by atoms with Crippen LogP contribution in [0, 0.1) is 6.92 Å². The van der Waals surface area contributed by atoms with E-state index in [0.717, 1.165) is 24.3 Å². The number of ether oxygens (including phenoxy) is 2. The molecule has 1 saturated heterocycles. The molecule has 1 amide bonds. The van der Waals surface area contributed by atoms with E-state index in [1.165, 1.54) is 5.56 Å². The SMILES string of the molecule is Cc1ccc(OCC(=O)N2CCC(OCc3ccccc3)C2)cc1. The molecule has 1 atom stereocenters. The topological polar surface area (TPSA) is 38.8 Å². The average molecular weight is 325 g/mol. The second-order valence-corrected chi connectivity index (χ2v) is 6.15. The smallest absolute Gasteiger partial charge is 0.260 e. The summed E-state index contributed by atoms with van der Waals surface area (Å²) < 4.78 is 11.5. The monoisotopic (exact) mass is 325 g/mol. The van der Waals surface area contributed by atoms with Gasteiger partial charge >= 0.3 is 0 Å². The maximum atomic E-state index is 12.3. The van der Waals surface area contributed by atoms with Gasteiger partial charge in [-0.3, -0.25) is 4.79 Å². The normalized spacial score (nSPS) is 17.0. The predicted octanol–water partition coefficient (Wildman–Crippen LogP) is 3.19. The lowest BCUT2D eigenvalue weighted by Crippen LogP contribution is -2.34. The summed E-state index contributed by atoms with van der Waals surface area (Å²) in [5, 5.41) is 0. The Morgan fingerprint density at radius 1 is 1.12 bits per heavy atom. The minimum atomic E-state index is 0.0152. The molecule has 0 aromatic heterocycles. The van der Waals surface area contributed by atoms with E-state index in [0.29, 0.717) is 13.2 Å². The molecule has 0 aliphatic carbocycles. The van der Waals surface area contributed by atoms with Crippen molar-refractivity contribution in [1.82, 2.24) is 4.90 Å². The highest BCUT2D eigenvalue weighted by Crippen LogP contribution is 2.16. The first-order valence-corrected chi connectivity index (χ1v) is 8.33. The van der Waals surface area contributed by atoms with Crippen molar-refractivity contribution in [2.24, 2.45) is 0 Å². The first-order valence-electron chi connectivity index (χ1n) is 8.33. The Hall–Kier alpha value is -2.33. The van der Waals surface area contributed by atoms with Crippen molar-refractivity contribution in [2.45, 2.75) is 26.1 Å². The molecule has 24 heavy (non-hydrogen) atoms. The Kier molecular flexibility index (Phi) is 5.49. The van der Waals surface area contributed by atoms with Crippen molar-refractivity contribution in [2.75, 3.05) is 19.7 Å². The van der Waals surface area contributed by atoms with Gasteiger partial charge in [-0.1, -0.05) is 48.0 Å². The molecule has 0 bridgehead atoms. The van der Waals surface area contributed by atoms with Crippen LogP contribution in [0.5, 0.6) is 5.75 Å². The second-order valence-electron chi connectivity index (χ2n) is 6.15. The van der Waals surface area contributed by atoms with Gasteiger partial charge in [-0.25, -0.2) is 0 Å². The van der Waals surface area contributed by atoms with Gasteiger partial charge < -0.3 is 14.4 Å². The molecule has 1 unspecified atom stereocenters. The van der Waals surface area contributed by atoms with Crippen LogP contribution >= 0.6 is 0 Å². The summed E-state index contributed by atoms with van der Waals surface area (Å²) in [6, 6.07) is 17.8. The van der Waals surface area contributed by atoms with Crippen LogP contribution in [0.4, 0.5) is 0 Å². The van der Waals surface area contributed by atoms with E-state index < -0.39 is 0 Å². The van der Waals surface area contributed by atoms with Gasteiger partial charge in [0, 0.05) is 13.1 Å². The summed E-state index contributed by atoms with van der Waals surface area (Å²) in [5.74, 6) is 0.742. The molecule has 0 radical (unpaired) electrons. The summed E-state index contributed by atoms with van der Waals surface area (Å²) >= 11 is 0. The van der Waals surface area contributed by atoms with Gasteiger partial charge in [-0.15, -0.1) is 0 Å². The van der Waals surface area contributed by atoms with Gasteiger partial charge in [-0.05, 0) is 31.0 Å². The number of aryl methyl sites for hydroxylation is 1. The first-order chi connectivity index (χ1) is 11.7. The van der Waals surface area contributed by atoms with Crippen LogP contribution in [0.3, 0.4) is 0 Å². The standard InChI is InChI=1S/C20H23NO3/c1-16-7-9-18(10-8-16)24-15-20(22)21-12-11-19(13-21)23-14-17-5-3-2-4-6-17/h2-10,19H,11-15H2,1H3. The van der Waals surface area contributed by atoms with E-state index in [1.54, 1.807) is 0 Å². The van der Waals surface area contributed by atoms with Gasteiger partial charge in [0.2, 0.25) is 0 Å². The highest BCUT2D eigenvalue weighted by molar-refractivity contribution is 5.78. The molecule has 3 rings (SSSR count). The molecular formula is C20H23NO3. The van der Waals surface area contributed by atoms with Crippen LogP contribution in [0.25, 0.3) is 0 Å². The van der Waals surface area contributed by atoms with Crippen molar-refractivity contribution in [3.63, 3.8) is 0 Å². The molecule has 0 saturated carbocycles. The van der Waals surface area contributed by atoms with Gasteiger partial charge in [0.05, 0.1) is 12.7 Å². The summed E-state index contributed by atoms with van der Waals surface area (Å²) in [7, 11) is 0. The Morgan fingerprint density at radius 2 is 1.88 bits per heavy atom. The highest BCUT2D eigenvalue weighted by Gasteiger charge is 2.26. The average Bonchev–Trinajstić information content (AvgIpc) is 3.09. The van der Waals surface area contributed by atoms with E-state index in [4.69, 9.17) is 9.47 Å². The molecule has 4 heteroatoms. The zero-order chi connectivity index (χ0) is 16.8. The largest absolute Gasteiger partial charge is 0.484 e. The number of benzene rings is 2. The number of hydrogen-bond acceptors (Lipinski definition) is 3. The third-order valence-electron chi connectivity index (χ3n) is 4.21. The zero-order valence-electron chi connectivity index (χ0n) is 14.0. The maximum Gasteiger partial charge on any atom is 0.260 e. The molecule has 2 aromatic carbocycles. The van der Waals surface area contributed by atoms with Crippen molar-refractivity contribution < 1.29 is 14.3 Å². The number of hydrogen-bond donors (Lipinski definition) is 0. The molecule has 1 fully saturated rings. The van der Waals surface area contributed by atoms with Gasteiger partial charge in [0.1, 0.15) is 5.75 Å². The quantitative estimate of drug-likeness (QED) is 0.819. The van der Waals surface area contributed by atoms with Crippen molar-refractivity contribution in [1.29, 1.82) is 0 Å². The fraction of sp³-hybridized carbons (Fsp3) is 0.350. The summed E-state index contributed by atoms with van der Waals surface area (Å²) in [6.45, 7) is 4.06. The van der Waals surface area contributed by atoms with Crippen molar-refractivity contribution >= 4 is 5.91 Å². The Labute approximate surface area is 143 Å². The van der Waals surface area contributed by atoms with E-state index in [1.807, 2.05) is 66.4 Å². The van der Waals surface area contributed by atoms with Crippen molar-refractivity contribution in [3.05, 3.63) is 65.7 Å². The van der Waals surface area contributed by atoms with Crippen molar-refractivity contribution in [3.8, 4) is 5.75 Å². The van der Waals surface area contributed by atoms with Crippen LogP contribution in [0.1, 0.15) is 17.5 Å². The number of amides is 1. The molecule has 126 valence electrons. The molecule has 2 aromatic rings. The zero-order valence-corrected chi connectivity index (χ0v) is 14.0. The number of carbonyl (C=O) groups is 1. The number of nitrogens with zero attached hydrogens (tertiary/aromatic N) is 1. The number of likely N-dealkylation sites (tertiary alicyclic amines) is 1. The fourth-order valence-corrected chi connectivity index (χ4v) is 2.75. The minimum Gasteiger partial charge on any atom is -0.484 e. The van der Waals surface area contributed by atoms with Crippen LogP contribution in [-0.4, -0.2) is 36.6 Å². The molecule has 4 nitrogen and oxygen atoms in total. The second kappa shape index (κ2) is 7.97. The summed E-state index contributed by atoms with van der Waals surface area (Å²) in [6.07, 6.45) is 0.983. The number of carbonyl (C=O) groups excluding carboxylic acids is 1. The molecule has 1 aliphatic rings. The molecule has 1 heterocycles. The lowest BCUT2D eigenvalue weighted by Gasteiger charge is -2.17. The molecule has 0 N–H and O–H groups in total. The van der Waals surface area contributed by atoms with Gasteiger partial charge in [-0.2, -0.15) is 0 Å². The number of rotatable bonds is 6. The third kappa shape index (κ3) is 4.59. The third-order valence-corrected chi connectivity index (χ3v) is 4.21. The molecule has 0 spiro atoms.